The van der Waals surface area contributed by atoms with Crippen molar-refractivity contribution in [1.29, 1.82) is 5.26 Å². The Kier molecular flexibility index (Phi) is 4.19. The molecule has 1 aromatic rings. The third-order valence-corrected chi connectivity index (χ3v) is 2.57. The number of rotatable bonds is 3. The van der Waals surface area contributed by atoms with Gasteiger partial charge in [0.1, 0.15) is 6.07 Å². The fraction of sp³-hybridized carbons (Fsp3) is 0.273. The maximum atomic E-state index is 11.5. The van der Waals surface area contributed by atoms with Gasteiger partial charge in [0.15, 0.2) is 0 Å². The molecule has 0 saturated carbocycles. The third-order valence-electron chi connectivity index (χ3n) is 1.84. The zero-order valence-electron chi connectivity index (χ0n) is 8.61. The van der Waals surface area contributed by atoms with Crippen LogP contribution in [0, 0.1) is 11.3 Å². The predicted molar refractivity (Wildman–Crippen MR) is 58.9 cm³/mol. The summed E-state index contributed by atoms with van der Waals surface area (Å²) in [6.45, 7) is 2.05. The summed E-state index contributed by atoms with van der Waals surface area (Å²) < 4.78 is 4.87. The summed E-state index contributed by atoms with van der Waals surface area (Å²) in [4.78, 5) is 12.5. The smallest absolute Gasteiger partial charge is 0.339 e. The minimum absolute atomic E-state index is 0.313. The Morgan fingerprint density at radius 2 is 2.33 bits per heavy atom. The van der Waals surface area contributed by atoms with Crippen LogP contribution in [0.4, 0.5) is 0 Å². The van der Waals surface area contributed by atoms with Gasteiger partial charge in [0, 0.05) is 4.90 Å². The molecule has 0 bridgehead atoms. The fourth-order valence-corrected chi connectivity index (χ4v) is 1.57. The molecule has 1 rings (SSSR count). The standard InChI is InChI=1S/C11H11NO2S/c1-3-14-11(13)10-6-9(15-2)5-4-8(10)7-12/h4-6H,3H2,1-2H3. The SMILES string of the molecule is CCOC(=O)c1cc(SC)ccc1C#N. The van der Waals surface area contributed by atoms with E-state index in [0.29, 0.717) is 17.7 Å². The predicted octanol–water partition coefficient (Wildman–Crippen LogP) is 2.46. The largest absolute Gasteiger partial charge is 0.462 e. The Labute approximate surface area is 93.0 Å². The van der Waals surface area contributed by atoms with Crippen molar-refractivity contribution in [3.8, 4) is 6.07 Å². The molecule has 1 aromatic carbocycles. The van der Waals surface area contributed by atoms with Crippen molar-refractivity contribution in [1.82, 2.24) is 0 Å². The van der Waals surface area contributed by atoms with Gasteiger partial charge in [0.2, 0.25) is 0 Å². The van der Waals surface area contributed by atoms with Crippen LogP contribution in [0.3, 0.4) is 0 Å². The molecule has 0 N–H and O–H groups in total. The zero-order chi connectivity index (χ0) is 11.3. The molecule has 15 heavy (non-hydrogen) atoms. The summed E-state index contributed by atoms with van der Waals surface area (Å²) in [5.74, 6) is -0.440. The van der Waals surface area contributed by atoms with E-state index in [2.05, 4.69) is 0 Å². The molecule has 78 valence electrons. The molecule has 3 nitrogen and oxygen atoms in total. The Bertz CT molecular complexity index is 410. The summed E-state index contributed by atoms with van der Waals surface area (Å²) in [5, 5.41) is 8.83. The van der Waals surface area contributed by atoms with Crippen LogP contribution < -0.4 is 0 Å². The van der Waals surface area contributed by atoms with E-state index in [0.717, 1.165) is 4.90 Å². The van der Waals surface area contributed by atoms with Crippen molar-refractivity contribution in [3.63, 3.8) is 0 Å². The number of hydrogen-bond acceptors (Lipinski definition) is 4. The summed E-state index contributed by atoms with van der Waals surface area (Å²) >= 11 is 1.52. The second kappa shape index (κ2) is 5.42. The van der Waals surface area contributed by atoms with E-state index in [1.807, 2.05) is 18.4 Å². The number of esters is 1. The monoisotopic (exact) mass is 221 g/mol. The van der Waals surface area contributed by atoms with Gasteiger partial charge in [-0.2, -0.15) is 5.26 Å². The van der Waals surface area contributed by atoms with E-state index in [1.165, 1.54) is 11.8 Å². The molecule has 0 unspecified atom stereocenters. The lowest BCUT2D eigenvalue weighted by molar-refractivity contribution is 0.0525. The molecule has 0 fully saturated rings. The lowest BCUT2D eigenvalue weighted by Gasteiger charge is -2.05. The molecule has 0 spiro atoms. The average Bonchev–Trinajstić information content (AvgIpc) is 2.28. The van der Waals surface area contributed by atoms with E-state index < -0.39 is 5.97 Å². The highest BCUT2D eigenvalue weighted by Crippen LogP contribution is 2.19. The highest BCUT2D eigenvalue weighted by atomic mass is 32.2. The van der Waals surface area contributed by atoms with Crippen LogP contribution in [0.2, 0.25) is 0 Å². The Morgan fingerprint density at radius 1 is 1.60 bits per heavy atom. The average molecular weight is 221 g/mol. The maximum absolute atomic E-state index is 11.5. The van der Waals surface area contributed by atoms with Crippen molar-refractivity contribution in [2.75, 3.05) is 12.9 Å². The van der Waals surface area contributed by atoms with Crippen LogP contribution in [0.1, 0.15) is 22.8 Å². The summed E-state index contributed by atoms with van der Waals surface area (Å²) in [6.07, 6.45) is 1.91. The van der Waals surface area contributed by atoms with Gasteiger partial charge >= 0.3 is 5.97 Å². The van der Waals surface area contributed by atoms with Crippen molar-refractivity contribution < 1.29 is 9.53 Å². The van der Waals surface area contributed by atoms with E-state index in [1.54, 1.807) is 19.1 Å². The Balaban J connectivity index is 3.13. The first-order valence-corrected chi connectivity index (χ1v) is 5.70. The van der Waals surface area contributed by atoms with Gasteiger partial charge in [-0.25, -0.2) is 4.79 Å². The van der Waals surface area contributed by atoms with Gasteiger partial charge < -0.3 is 4.74 Å². The number of thioether (sulfide) groups is 1. The highest BCUT2D eigenvalue weighted by Gasteiger charge is 2.12. The molecule has 0 amide bonds. The lowest BCUT2D eigenvalue weighted by atomic mass is 10.1. The third kappa shape index (κ3) is 2.74. The quantitative estimate of drug-likeness (QED) is 0.581. The van der Waals surface area contributed by atoms with Crippen LogP contribution in [0.25, 0.3) is 0 Å². The molecule has 0 aliphatic heterocycles. The van der Waals surface area contributed by atoms with Crippen LogP contribution in [-0.4, -0.2) is 18.8 Å². The van der Waals surface area contributed by atoms with Gasteiger partial charge in [-0.3, -0.25) is 0 Å². The first-order valence-electron chi connectivity index (χ1n) is 4.48. The second-order valence-corrected chi connectivity index (χ2v) is 3.62. The molecule has 0 aliphatic rings. The molecule has 0 heterocycles. The minimum Gasteiger partial charge on any atom is -0.462 e. The number of nitrogens with zero attached hydrogens (tertiary/aromatic N) is 1. The molecule has 0 aromatic heterocycles. The van der Waals surface area contributed by atoms with Crippen molar-refractivity contribution in [2.24, 2.45) is 0 Å². The molecule has 4 heteroatoms. The minimum atomic E-state index is -0.440. The number of ether oxygens (including phenoxy) is 1. The van der Waals surface area contributed by atoms with Crippen LogP contribution in [0.5, 0.6) is 0 Å². The topological polar surface area (TPSA) is 50.1 Å². The fourth-order valence-electron chi connectivity index (χ4n) is 1.13. The Hall–Kier alpha value is -1.47. The molecule has 0 saturated heterocycles. The first kappa shape index (κ1) is 11.6. The van der Waals surface area contributed by atoms with Gasteiger partial charge in [-0.1, -0.05) is 0 Å². The zero-order valence-corrected chi connectivity index (χ0v) is 9.43. The van der Waals surface area contributed by atoms with Gasteiger partial charge in [-0.05, 0) is 31.4 Å². The van der Waals surface area contributed by atoms with Gasteiger partial charge in [-0.15, -0.1) is 11.8 Å². The lowest BCUT2D eigenvalue weighted by Crippen LogP contribution is -2.07. The normalized spacial score (nSPS) is 9.40. The van der Waals surface area contributed by atoms with Crippen LogP contribution in [0.15, 0.2) is 23.1 Å². The van der Waals surface area contributed by atoms with Crippen molar-refractivity contribution >= 4 is 17.7 Å². The molecular formula is C11H11NO2S. The van der Waals surface area contributed by atoms with E-state index in [4.69, 9.17) is 10.00 Å². The van der Waals surface area contributed by atoms with Crippen LogP contribution >= 0.6 is 11.8 Å². The summed E-state index contributed by atoms with van der Waals surface area (Å²) in [5.41, 5.74) is 0.692. The van der Waals surface area contributed by atoms with E-state index >= 15 is 0 Å². The van der Waals surface area contributed by atoms with Gasteiger partial charge in [0.25, 0.3) is 0 Å². The number of carbonyl (C=O) groups is 1. The van der Waals surface area contributed by atoms with Crippen molar-refractivity contribution in [3.05, 3.63) is 29.3 Å². The van der Waals surface area contributed by atoms with Crippen LogP contribution in [-0.2, 0) is 4.74 Å². The number of nitriles is 1. The van der Waals surface area contributed by atoms with Crippen molar-refractivity contribution in [2.45, 2.75) is 11.8 Å². The summed E-state index contributed by atoms with van der Waals surface area (Å²) in [7, 11) is 0. The number of benzene rings is 1. The molecule has 0 radical (unpaired) electrons. The molecule has 0 atom stereocenters. The number of carbonyl (C=O) groups excluding carboxylic acids is 1. The van der Waals surface area contributed by atoms with E-state index in [-0.39, 0.29) is 0 Å². The summed E-state index contributed by atoms with van der Waals surface area (Å²) in [6, 6.07) is 7.11. The molecule has 0 aliphatic carbocycles. The maximum Gasteiger partial charge on any atom is 0.339 e. The highest BCUT2D eigenvalue weighted by molar-refractivity contribution is 7.98. The Morgan fingerprint density at radius 3 is 2.87 bits per heavy atom. The second-order valence-electron chi connectivity index (χ2n) is 2.74. The van der Waals surface area contributed by atoms with Gasteiger partial charge in [0.05, 0.1) is 17.7 Å². The number of hydrogen-bond donors (Lipinski definition) is 0. The first-order chi connectivity index (χ1) is 7.22. The molecular weight excluding hydrogens is 210 g/mol. The van der Waals surface area contributed by atoms with E-state index in [9.17, 15) is 4.79 Å².